The number of nitrogens with zero attached hydrogens (tertiary/aromatic N) is 2. The second kappa shape index (κ2) is 5.99. The smallest absolute Gasteiger partial charge is 0.307 e. The molecule has 112 valence electrons. The molecule has 0 radical (unpaired) electrons. The van der Waals surface area contributed by atoms with Crippen LogP contribution in [0.3, 0.4) is 0 Å². The van der Waals surface area contributed by atoms with E-state index in [1.807, 2.05) is 45.2 Å². The molecule has 1 aromatic carbocycles. The quantitative estimate of drug-likeness (QED) is 0.901. The fourth-order valence-corrected chi connectivity index (χ4v) is 2.23. The number of anilines is 2. The Morgan fingerprint density at radius 3 is 2.52 bits per heavy atom. The Morgan fingerprint density at radius 2 is 1.95 bits per heavy atom. The van der Waals surface area contributed by atoms with Crippen molar-refractivity contribution in [3.8, 4) is 0 Å². The van der Waals surface area contributed by atoms with Gasteiger partial charge in [0.05, 0.1) is 0 Å². The lowest BCUT2D eigenvalue weighted by molar-refractivity contribution is 0.262. The number of benzene rings is 1. The van der Waals surface area contributed by atoms with Gasteiger partial charge in [0.25, 0.3) is 0 Å². The van der Waals surface area contributed by atoms with Gasteiger partial charge in [-0.2, -0.15) is 5.10 Å². The Balaban J connectivity index is 2.16. The second-order valence-corrected chi connectivity index (χ2v) is 5.57. The zero-order valence-corrected chi connectivity index (χ0v) is 13.2. The van der Waals surface area contributed by atoms with Gasteiger partial charge in [-0.15, -0.1) is 0 Å². The first-order valence-corrected chi connectivity index (χ1v) is 7.06. The van der Waals surface area contributed by atoms with Gasteiger partial charge in [-0.1, -0.05) is 32.0 Å². The predicted molar refractivity (Wildman–Crippen MR) is 85.9 cm³/mol. The van der Waals surface area contributed by atoms with E-state index < -0.39 is 0 Å². The van der Waals surface area contributed by atoms with Gasteiger partial charge in [0.15, 0.2) is 5.82 Å². The van der Waals surface area contributed by atoms with Crippen molar-refractivity contribution in [2.24, 2.45) is 7.05 Å². The predicted octanol–water partition coefficient (Wildman–Crippen LogP) is 3.80. The molecular formula is C16H22N4O. The topological polar surface area (TPSA) is 59.0 Å². The summed E-state index contributed by atoms with van der Waals surface area (Å²) in [6, 6.07) is 7.60. The maximum Gasteiger partial charge on any atom is 0.324 e. The Labute approximate surface area is 125 Å². The largest absolute Gasteiger partial charge is 0.324 e. The number of hydrogen-bond donors (Lipinski definition) is 2. The fourth-order valence-electron chi connectivity index (χ4n) is 2.23. The molecule has 0 aliphatic rings. The zero-order valence-electron chi connectivity index (χ0n) is 13.2. The minimum Gasteiger partial charge on any atom is -0.307 e. The molecule has 0 fully saturated rings. The van der Waals surface area contributed by atoms with Crippen LogP contribution in [-0.4, -0.2) is 15.8 Å². The highest BCUT2D eigenvalue weighted by Gasteiger charge is 2.13. The van der Waals surface area contributed by atoms with Crippen molar-refractivity contribution in [3.05, 3.63) is 41.1 Å². The number of amides is 2. The number of hydrogen-bond acceptors (Lipinski definition) is 2. The third-order valence-electron chi connectivity index (χ3n) is 3.52. The standard InChI is InChI=1S/C16H22N4O/c1-10(2)13-8-6-7-11(3)15(13)18-16(21)17-14-9-12(4)20(5)19-14/h6-10H,1-5H3,(H2,17,18,19,21). The number of nitrogens with one attached hydrogen (secondary N) is 2. The van der Waals surface area contributed by atoms with Crippen molar-refractivity contribution < 1.29 is 4.79 Å². The van der Waals surface area contributed by atoms with E-state index in [0.717, 1.165) is 22.5 Å². The molecular weight excluding hydrogens is 264 g/mol. The number of rotatable bonds is 3. The molecule has 2 aromatic rings. The molecule has 5 heteroatoms. The zero-order chi connectivity index (χ0) is 15.6. The summed E-state index contributed by atoms with van der Waals surface area (Å²) in [7, 11) is 1.84. The van der Waals surface area contributed by atoms with E-state index >= 15 is 0 Å². The van der Waals surface area contributed by atoms with Crippen LogP contribution in [0, 0.1) is 13.8 Å². The Kier molecular flexibility index (Phi) is 4.31. The summed E-state index contributed by atoms with van der Waals surface area (Å²) >= 11 is 0. The first-order valence-electron chi connectivity index (χ1n) is 7.06. The molecule has 1 aromatic heterocycles. The van der Waals surface area contributed by atoms with Crippen molar-refractivity contribution in [1.29, 1.82) is 0 Å². The highest BCUT2D eigenvalue weighted by molar-refractivity contribution is 6.00. The van der Waals surface area contributed by atoms with Crippen molar-refractivity contribution in [1.82, 2.24) is 9.78 Å². The Hall–Kier alpha value is -2.30. The van der Waals surface area contributed by atoms with E-state index in [-0.39, 0.29) is 6.03 Å². The van der Waals surface area contributed by atoms with Gasteiger partial charge in [-0.3, -0.25) is 10.00 Å². The van der Waals surface area contributed by atoms with Gasteiger partial charge >= 0.3 is 6.03 Å². The minimum atomic E-state index is -0.274. The van der Waals surface area contributed by atoms with Crippen LogP contribution < -0.4 is 10.6 Å². The number of aryl methyl sites for hydroxylation is 3. The summed E-state index contributed by atoms with van der Waals surface area (Å²) < 4.78 is 1.73. The molecule has 1 heterocycles. The van der Waals surface area contributed by atoms with E-state index in [1.165, 1.54) is 0 Å². The van der Waals surface area contributed by atoms with E-state index in [0.29, 0.717) is 11.7 Å². The molecule has 0 aliphatic heterocycles. The second-order valence-electron chi connectivity index (χ2n) is 5.57. The summed E-state index contributed by atoms with van der Waals surface area (Å²) in [5.41, 5.74) is 4.04. The number of aromatic nitrogens is 2. The van der Waals surface area contributed by atoms with Crippen molar-refractivity contribution in [3.63, 3.8) is 0 Å². The number of urea groups is 1. The van der Waals surface area contributed by atoms with Crippen LogP contribution in [0.15, 0.2) is 24.3 Å². The third-order valence-corrected chi connectivity index (χ3v) is 3.52. The SMILES string of the molecule is Cc1cccc(C(C)C)c1NC(=O)Nc1cc(C)n(C)n1. The van der Waals surface area contributed by atoms with Crippen LogP contribution in [0.5, 0.6) is 0 Å². The van der Waals surface area contributed by atoms with Crippen LogP contribution in [-0.2, 0) is 7.05 Å². The van der Waals surface area contributed by atoms with E-state index in [1.54, 1.807) is 4.68 Å². The Morgan fingerprint density at radius 1 is 1.24 bits per heavy atom. The normalized spacial score (nSPS) is 10.8. The van der Waals surface area contributed by atoms with Crippen LogP contribution in [0.4, 0.5) is 16.3 Å². The first-order chi connectivity index (χ1) is 9.88. The van der Waals surface area contributed by atoms with Crippen molar-refractivity contribution in [2.75, 3.05) is 10.6 Å². The summed E-state index contributed by atoms with van der Waals surface area (Å²) in [6.45, 7) is 8.15. The average molecular weight is 286 g/mol. The minimum absolute atomic E-state index is 0.274. The maximum atomic E-state index is 12.2. The molecule has 0 saturated carbocycles. The van der Waals surface area contributed by atoms with Crippen molar-refractivity contribution >= 4 is 17.5 Å². The Bertz CT molecular complexity index is 639. The molecule has 2 amide bonds. The third kappa shape index (κ3) is 3.42. The van der Waals surface area contributed by atoms with Crippen LogP contribution in [0.2, 0.25) is 0 Å². The molecule has 0 saturated heterocycles. The van der Waals surface area contributed by atoms with Gasteiger partial charge < -0.3 is 5.32 Å². The molecule has 0 aliphatic carbocycles. The summed E-state index contributed by atoms with van der Waals surface area (Å²) in [6.07, 6.45) is 0. The molecule has 0 atom stereocenters. The van der Waals surface area contributed by atoms with Gasteiger partial charge in [-0.25, -0.2) is 4.79 Å². The molecule has 2 rings (SSSR count). The monoisotopic (exact) mass is 286 g/mol. The van der Waals surface area contributed by atoms with Gasteiger partial charge in [0, 0.05) is 24.5 Å². The average Bonchev–Trinajstić information content (AvgIpc) is 2.70. The van der Waals surface area contributed by atoms with Gasteiger partial charge in [-0.05, 0) is 30.9 Å². The highest BCUT2D eigenvalue weighted by Crippen LogP contribution is 2.27. The highest BCUT2D eigenvalue weighted by atomic mass is 16.2. The molecule has 0 bridgehead atoms. The lowest BCUT2D eigenvalue weighted by Crippen LogP contribution is -2.21. The molecule has 5 nitrogen and oxygen atoms in total. The molecule has 2 N–H and O–H groups in total. The number of carbonyl (C=O) groups is 1. The van der Waals surface area contributed by atoms with Crippen LogP contribution in [0.1, 0.15) is 36.6 Å². The van der Waals surface area contributed by atoms with E-state index in [2.05, 4.69) is 29.6 Å². The maximum absolute atomic E-state index is 12.2. The lowest BCUT2D eigenvalue weighted by Gasteiger charge is -2.16. The fraction of sp³-hybridized carbons (Fsp3) is 0.375. The first kappa shape index (κ1) is 15.1. The lowest BCUT2D eigenvalue weighted by atomic mass is 9.98. The van der Waals surface area contributed by atoms with Gasteiger partial charge in [0.2, 0.25) is 0 Å². The van der Waals surface area contributed by atoms with Crippen LogP contribution in [0.25, 0.3) is 0 Å². The summed E-state index contributed by atoms with van der Waals surface area (Å²) in [5, 5.41) is 9.92. The van der Waals surface area contributed by atoms with Crippen LogP contribution >= 0.6 is 0 Å². The van der Waals surface area contributed by atoms with Gasteiger partial charge in [0.1, 0.15) is 0 Å². The number of carbonyl (C=O) groups excluding carboxylic acids is 1. The molecule has 21 heavy (non-hydrogen) atoms. The molecule has 0 unspecified atom stereocenters. The number of para-hydroxylation sites is 1. The summed E-state index contributed by atoms with van der Waals surface area (Å²) in [5.74, 6) is 0.893. The van der Waals surface area contributed by atoms with E-state index in [9.17, 15) is 4.79 Å². The molecule has 0 spiro atoms. The van der Waals surface area contributed by atoms with E-state index in [4.69, 9.17) is 0 Å². The van der Waals surface area contributed by atoms with Crippen molar-refractivity contribution in [2.45, 2.75) is 33.6 Å². The summed E-state index contributed by atoms with van der Waals surface area (Å²) in [4.78, 5) is 12.2.